The average molecular weight is 334 g/mol. The normalized spacial score (nSPS) is 28.3. The standard InChI is InChI=1S/C16H18N2O4S/c1-16(2)12(15(21)22)18-10(8-9-6-4-3-5-7-9)17-11(14(19)20)13(18)23-16/h3-7,11-13H,8H2,1-2H3,(H,19,20)(H,21,22)/t11-,12-,13-/m1/s1. The van der Waals surface area contributed by atoms with E-state index in [1.54, 1.807) is 4.90 Å². The third-order valence-corrected chi connectivity index (χ3v) is 5.74. The van der Waals surface area contributed by atoms with Crippen LogP contribution in [0.5, 0.6) is 0 Å². The van der Waals surface area contributed by atoms with Gasteiger partial charge in [-0.15, -0.1) is 11.8 Å². The fourth-order valence-electron chi connectivity index (χ4n) is 3.23. The van der Waals surface area contributed by atoms with Crippen LogP contribution in [0, 0.1) is 0 Å². The minimum absolute atomic E-state index is 0.432. The lowest BCUT2D eigenvalue weighted by Gasteiger charge is -2.29. The number of thioether (sulfide) groups is 1. The summed E-state index contributed by atoms with van der Waals surface area (Å²) in [4.78, 5) is 29.3. The smallest absolute Gasteiger partial charge is 0.331 e. The second-order valence-corrected chi connectivity index (χ2v) is 8.02. The maximum absolute atomic E-state index is 11.8. The van der Waals surface area contributed by atoms with Crippen LogP contribution in [0.3, 0.4) is 0 Å². The number of carboxylic acid groups (broad SMARTS) is 2. The highest BCUT2D eigenvalue weighted by Gasteiger charge is 2.58. The molecule has 2 aliphatic rings. The molecule has 2 N–H and O–H groups in total. The van der Waals surface area contributed by atoms with Gasteiger partial charge in [0.05, 0.1) is 0 Å². The Balaban J connectivity index is 1.98. The molecule has 23 heavy (non-hydrogen) atoms. The number of carbonyl (C=O) groups is 2. The molecule has 122 valence electrons. The van der Waals surface area contributed by atoms with Crippen molar-refractivity contribution in [3.8, 4) is 0 Å². The molecule has 2 heterocycles. The molecule has 1 fully saturated rings. The summed E-state index contributed by atoms with van der Waals surface area (Å²) in [5, 5.41) is 18.6. The van der Waals surface area contributed by atoms with Crippen LogP contribution in [0.1, 0.15) is 19.4 Å². The Morgan fingerprint density at radius 2 is 1.87 bits per heavy atom. The van der Waals surface area contributed by atoms with Crippen molar-refractivity contribution < 1.29 is 19.8 Å². The van der Waals surface area contributed by atoms with Crippen molar-refractivity contribution >= 4 is 29.5 Å². The summed E-state index contributed by atoms with van der Waals surface area (Å²) >= 11 is 1.38. The number of carboxylic acids is 2. The van der Waals surface area contributed by atoms with Crippen LogP contribution >= 0.6 is 11.8 Å². The van der Waals surface area contributed by atoms with Gasteiger partial charge in [-0.25, -0.2) is 9.59 Å². The summed E-state index contributed by atoms with van der Waals surface area (Å²) in [6, 6.07) is 7.83. The van der Waals surface area contributed by atoms with E-state index in [2.05, 4.69) is 4.99 Å². The van der Waals surface area contributed by atoms with E-state index in [0.717, 1.165) is 5.56 Å². The van der Waals surface area contributed by atoms with Gasteiger partial charge in [0.2, 0.25) is 0 Å². The number of aliphatic imine (C=N–C) groups is 1. The summed E-state index contributed by atoms with van der Waals surface area (Å²) in [6.45, 7) is 3.68. The van der Waals surface area contributed by atoms with Gasteiger partial charge in [-0.3, -0.25) is 4.99 Å². The van der Waals surface area contributed by atoms with Crippen LogP contribution < -0.4 is 0 Å². The van der Waals surface area contributed by atoms with Gasteiger partial charge in [-0.05, 0) is 19.4 Å². The molecule has 3 atom stereocenters. The molecule has 1 aromatic rings. The van der Waals surface area contributed by atoms with Gasteiger partial charge in [-0.1, -0.05) is 30.3 Å². The summed E-state index contributed by atoms with van der Waals surface area (Å²) in [6.07, 6.45) is 0.432. The van der Waals surface area contributed by atoms with Gasteiger partial charge >= 0.3 is 11.9 Å². The second kappa shape index (κ2) is 5.56. The molecule has 0 amide bonds. The first kappa shape index (κ1) is 15.9. The zero-order valence-electron chi connectivity index (χ0n) is 12.8. The van der Waals surface area contributed by atoms with Gasteiger partial charge in [0.1, 0.15) is 17.3 Å². The lowest BCUT2D eigenvalue weighted by atomic mass is 10.0. The van der Waals surface area contributed by atoms with E-state index < -0.39 is 34.1 Å². The number of benzene rings is 1. The summed E-state index contributed by atoms with van der Waals surface area (Å²) < 4.78 is -0.581. The topological polar surface area (TPSA) is 90.2 Å². The van der Waals surface area contributed by atoms with E-state index in [1.165, 1.54) is 11.8 Å². The highest BCUT2D eigenvalue weighted by molar-refractivity contribution is 8.01. The number of amidine groups is 1. The highest BCUT2D eigenvalue weighted by atomic mass is 32.2. The number of hydrogen-bond donors (Lipinski definition) is 2. The molecular formula is C16H18N2O4S. The van der Waals surface area contributed by atoms with Crippen LogP contribution in [0.25, 0.3) is 0 Å². The van der Waals surface area contributed by atoms with Crippen molar-refractivity contribution in [1.82, 2.24) is 4.90 Å². The van der Waals surface area contributed by atoms with Crippen LogP contribution in [0.4, 0.5) is 0 Å². The quantitative estimate of drug-likeness (QED) is 0.871. The maximum Gasteiger partial charge on any atom is 0.331 e. The molecule has 0 aromatic heterocycles. The van der Waals surface area contributed by atoms with Crippen LogP contribution in [0.2, 0.25) is 0 Å². The Labute approximate surface area is 138 Å². The molecule has 0 radical (unpaired) electrons. The monoisotopic (exact) mass is 334 g/mol. The molecule has 0 spiro atoms. The third-order valence-electron chi connectivity index (χ3n) is 4.18. The zero-order valence-corrected chi connectivity index (χ0v) is 13.7. The van der Waals surface area contributed by atoms with Gasteiger partial charge in [0.25, 0.3) is 0 Å². The average Bonchev–Trinajstić information content (AvgIpc) is 2.92. The number of rotatable bonds is 4. The lowest BCUT2D eigenvalue weighted by Crippen LogP contribution is -2.50. The summed E-state index contributed by atoms with van der Waals surface area (Å²) in [5.41, 5.74) is 0.981. The molecule has 0 bridgehead atoms. The molecule has 0 unspecified atom stereocenters. The van der Waals surface area contributed by atoms with E-state index >= 15 is 0 Å². The summed E-state index contributed by atoms with van der Waals surface area (Å²) in [5.74, 6) is -1.42. The Hall–Kier alpha value is -2.02. The number of nitrogens with zero attached hydrogens (tertiary/aromatic N) is 2. The predicted molar refractivity (Wildman–Crippen MR) is 87.7 cm³/mol. The molecule has 3 rings (SSSR count). The molecule has 1 aromatic carbocycles. The second-order valence-electron chi connectivity index (χ2n) is 6.25. The fraction of sp³-hybridized carbons (Fsp3) is 0.438. The molecule has 6 nitrogen and oxygen atoms in total. The number of hydrogen-bond acceptors (Lipinski definition) is 5. The molecule has 0 saturated carbocycles. The van der Waals surface area contributed by atoms with Gasteiger partial charge < -0.3 is 15.1 Å². The van der Waals surface area contributed by atoms with Gasteiger partial charge in [-0.2, -0.15) is 0 Å². The molecular weight excluding hydrogens is 316 g/mol. The minimum Gasteiger partial charge on any atom is -0.480 e. The molecule has 0 aliphatic carbocycles. The summed E-state index contributed by atoms with van der Waals surface area (Å²) in [7, 11) is 0. The Morgan fingerprint density at radius 3 is 2.43 bits per heavy atom. The van der Waals surface area contributed by atoms with Crippen LogP contribution in [0.15, 0.2) is 35.3 Å². The molecule has 7 heteroatoms. The largest absolute Gasteiger partial charge is 0.480 e. The zero-order chi connectivity index (χ0) is 16.8. The van der Waals surface area contributed by atoms with Gasteiger partial charge in [0.15, 0.2) is 6.04 Å². The van der Waals surface area contributed by atoms with E-state index in [0.29, 0.717) is 12.3 Å². The molecule has 2 aliphatic heterocycles. The van der Waals surface area contributed by atoms with Crippen molar-refractivity contribution in [2.24, 2.45) is 4.99 Å². The maximum atomic E-state index is 11.8. The van der Waals surface area contributed by atoms with Crippen LogP contribution in [-0.4, -0.2) is 55.1 Å². The van der Waals surface area contributed by atoms with E-state index in [4.69, 9.17) is 0 Å². The third kappa shape index (κ3) is 2.69. The minimum atomic E-state index is -1.02. The van der Waals surface area contributed by atoms with E-state index in [1.807, 2.05) is 44.2 Å². The van der Waals surface area contributed by atoms with Gasteiger partial charge in [0, 0.05) is 11.2 Å². The number of fused-ring (bicyclic) bond motifs is 1. The van der Waals surface area contributed by atoms with Crippen molar-refractivity contribution in [2.75, 3.05) is 0 Å². The van der Waals surface area contributed by atoms with Crippen LogP contribution in [-0.2, 0) is 16.0 Å². The van der Waals surface area contributed by atoms with Crippen molar-refractivity contribution in [3.05, 3.63) is 35.9 Å². The first-order chi connectivity index (χ1) is 10.8. The first-order valence-corrected chi connectivity index (χ1v) is 8.21. The molecule has 1 saturated heterocycles. The Morgan fingerprint density at radius 1 is 1.22 bits per heavy atom. The van der Waals surface area contributed by atoms with Crippen molar-refractivity contribution in [3.63, 3.8) is 0 Å². The van der Waals surface area contributed by atoms with E-state index in [-0.39, 0.29) is 0 Å². The highest BCUT2D eigenvalue weighted by Crippen LogP contribution is 2.49. The van der Waals surface area contributed by atoms with Crippen molar-refractivity contribution in [1.29, 1.82) is 0 Å². The van der Waals surface area contributed by atoms with Crippen molar-refractivity contribution in [2.45, 2.75) is 42.5 Å². The number of aliphatic carboxylic acids is 2. The predicted octanol–water partition coefficient (Wildman–Crippen LogP) is 1.70. The first-order valence-electron chi connectivity index (χ1n) is 7.33. The Bertz CT molecular complexity index is 674. The lowest BCUT2D eigenvalue weighted by molar-refractivity contribution is -0.143. The SMILES string of the molecule is CC1(C)S[C@@H]2[C@H](C(=O)O)N=C(Cc3ccccc3)N2[C@@H]1C(=O)O. The fourth-order valence-corrected chi connectivity index (χ4v) is 4.86. The van der Waals surface area contributed by atoms with E-state index in [9.17, 15) is 19.8 Å². The Kier molecular flexibility index (Phi) is 3.83.